The minimum Gasteiger partial charge on any atom is -0.440 e. The van der Waals surface area contributed by atoms with Gasteiger partial charge in [-0.3, -0.25) is 10.3 Å². The van der Waals surface area contributed by atoms with Crippen LogP contribution < -0.4 is 10.1 Å². The zero-order valence-corrected chi connectivity index (χ0v) is 18.8. The van der Waals surface area contributed by atoms with Crippen LogP contribution in [0.5, 0.6) is 5.75 Å². The fourth-order valence-corrected chi connectivity index (χ4v) is 3.13. The van der Waals surface area contributed by atoms with E-state index in [2.05, 4.69) is 25.1 Å². The summed E-state index contributed by atoms with van der Waals surface area (Å²) >= 11 is 5.81. The summed E-state index contributed by atoms with van der Waals surface area (Å²) in [5, 5.41) is 7.46. The number of carbonyl (C=O) groups excluding carboxylic acids is 1. The van der Waals surface area contributed by atoms with E-state index in [0.717, 1.165) is 0 Å². The van der Waals surface area contributed by atoms with Crippen LogP contribution in [-0.2, 0) is 4.74 Å². The van der Waals surface area contributed by atoms with Crippen LogP contribution in [0.3, 0.4) is 0 Å². The van der Waals surface area contributed by atoms with E-state index >= 15 is 0 Å². The van der Waals surface area contributed by atoms with Crippen molar-refractivity contribution in [2.75, 3.05) is 5.32 Å². The zero-order valence-electron chi connectivity index (χ0n) is 18.0. The second-order valence-electron chi connectivity index (χ2n) is 7.21. The molecule has 0 aliphatic heterocycles. The van der Waals surface area contributed by atoms with Crippen LogP contribution in [0.1, 0.15) is 18.7 Å². The van der Waals surface area contributed by atoms with Crippen LogP contribution in [0.25, 0.3) is 17.1 Å². The maximum atomic E-state index is 12.3. The number of benzene rings is 2. The molecule has 2 aromatic carbocycles. The second-order valence-corrected chi connectivity index (χ2v) is 7.64. The van der Waals surface area contributed by atoms with E-state index < -0.39 is 18.6 Å². The minimum atomic E-state index is -4.76. The molecule has 0 radical (unpaired) electrons. The van der Waals surface area contributed by atoms with E-state index in [1.807, 2.05) is 0 Å². The van der Waals surface area contributed by atoms with E-state index in [0.29, 0.717) is 33.5 Å². The Morgan fingerprint density at radius 3 is 2.37 bits per heavy atom. The summed E-state index contributed by atoms with van der Waals surface area (Å²) in [4.78, 5) is 20.5. The average Bonchev–Trinajstić information content (AvgIpc) is 3.29. The van der Waals surface area contributed by atoms with Gasteiger partial charge < -0.3 is 9.47 Å². The lowest BCUT2D eigenvalue weighted by Gasteiger charge is -2.13. The van der Waals surface area contributed by atoms with Gasteiger partial charge in [-0.05, 0) is 67.6 Å². The highest BCUT2D eigenvalue weighted by molar-refractivity contribution is 6.30. The van der Waals surface area contributed by atoms with Gasteiger partial charge in [0.05, 0.1) is 16.4 Å². The standard InChI is InChI=1S/C23H17ClF3N5O3/c1-14(20-11-4-16(24)12-28-20)34-22(33)30-17-5-2-15(3-6-17)21-29-13-32(31-21)18-7-9-19(10-8-18)35-23(25,26)27/h2-14H,1H3,(H,30,33). The number of halogens is 4. The van der Waals surface area contributed by atoms with Crippen molar-refractivity contribution < 1.29 is 27.4 Å². The molecule has 1 N–H and O–H groups in total. The molecule has 0 aliphatic carbocycles. The third-order valence-corrected chi connectivity index (χ3v) is 4.89. The Bertz CT molecular complexity index is 1290. The molecule has 0 bridgehead atoms. The highest BCUT2D eigenvalue weighted by Gasteiger charge is 2.31. The van der Waals surface area contributed by atoms with Crippen molar-refractivity contribution in [2.24, 2.45) is 0 Å². The molecule has 35 heavy (non-hydrogen) atoms. The summed E-state index contributed by atoms with van der Waals surface area (Å²) in [5.41, 5.74) is 2.22. The van der Waals surface area contributed by atoms with E-state index in [-0.39, 0.29) is 5.75 Å². The van der Waals surface area contributed by atoms with E-state index in [1.165, 1.54) is 41.5 Å². The van der Waals surface area contributed by atoms with Crippen LogP contribution in [0.4, 0.5) is 23.7 Å². The molecule has 0 spiro atoms. The summed E-state index contributed by atoms with van der Waals surface area (Å²) in [6.07, 6.45) is -3.08. The third kappa shape index (κ3) is 6.48. The fraction of sp³-hybridized carbons (Fsp3) is 0.130. The number of alkyl halides is 3. The average molecular weight is 504 g/mol. The van der Waals surface area contributed by atoms with E-state index in [1.54, 1.807) is 43.3 Å². The number of nitrogens with zero attached hydrogens (tertiary/aromatic N) is 4. The van der Waals surface area contributed by atoms with Gasteiger partial charge in [-0.15, -0.1) is 18.3 Å². The first-order chi connectivity index (χ1) is 16.7. The number of aromatic nitrogens is 4. The Morgan fingerprint density at radius 2 is 1.74 bits per heavy atom. The predicted molar refractivity (Wildman–Crippen MR) is 121 cm³/mol. The molecule has 4 aromatic rings. The van der Waals surface area contributed by atoms with E-state index in [9.17, 15) is 18.0 Å². The first-order valence-electron chi connectivity index (χ1n) is 10.1. The van der Waals surface area contributed by atoms with Crippen molar-refractivity contribution in [3.8, 4) is 22.8 Å². The van der Waals surface area contributed by atoms with Gasteiger partial charge in [-0.1, -0.05) is 11.6 Å². The SMILES string of the molecule is CC(OC(=O)Nc1ccc(-c2ncn(-c3ccc(OC(F)(F)F)cc3)n2)cc1)c1ccc(Cl)cn1. The van der Waals surface area contributed by atoms with Crippen LogP contribution in [0.2, 0.25) is 5.02 Å². The predicted octanol–water partition coefficient (Wildman–Crippen LogP) is 6.19. The highest BCUT2D eigenvalue weighted by Crippen LogP contribution is 2.24. The Morgan fingerprint density at radius 1 is 1.03 bits per heavy atom. The second kappa shape index (κ2) is 10.0. The fourth-order valence-electron chi connectivity index (χ4n) is 3.02. The third-order valence-electron chi connectivity index (χ3n) is 4.67. The molecule has 0 aliphatic rings. The summed E-state index contributed by atoms with van der Waals surface area (Å²) in [5.74, 6) is 0.0548. The molecule has 12 heteroatoms. The van der Waals surface area contributed by atoms with Crippen LogP contribution in [0.15, 0.2) is 73.2 Å². The lowest BCUT2D eigenvalue weighted by Crippen LogP contribution is -2.17. The molecule has 1 atom stereocenters. The van der Waals surface area contributed by atoms with Crippen molar-refractivity contribution in [3.05, 3.63) is 83.9 Å². The van der Waals surface area contributed by atoms with E-state index in [4.69, 9.17) is 16.3 Å². The Hall–Kier alpha value is -4.12. The maximum Gasteiger partial charge on any atom is 0.573 e. The summed E-state index contributed by atoms with van der Waals surface area (Å²) in [6.45, 7) is 1.69. The number of carbonyl (C=O) groups is 1. The van der Waals surface area contributed by atoms with Gasteiger partial charge in [-0.2, -0.15) is 0 Å². The highest BCUT2D eigenvalue weighted by atomic mass is 35.5. The van der Waals surface area contributed by atoms with Gasteiger partial charge >= 0.3 is 12.5 Å². The van der Waals surface area contributed by atoms with Gasteiger partial charge in [0, 0.05) is 17.4 Å². The summed E-state index contributed by atoms with van der Waals surface area (Å²) in [6, 6.07) is 15.3. The lowest BCUT2D eigenvalue weighted by atomic mass is 10.2. The summed E-state index contributed by atoms with van der Waals surface area (Å²) in [7, 11) is 0. The van der Waals surface area contributed by atoms with Gasteiger partial charge in [0.25, 0.3) is 0 Å². The largest absolute Gasteiger partial charge is 0.573 e. The summed E-state index contributed by atoms with van der Waals surface area (Å²) < 4.78 is 47.5. The molecule has 8 nitrogen and oxygen atoms in total. The van der Waals surface area contributed by atoms with Gasteiger partial charge in [-0.25, -0.2) is 14.5 Å². The molecule has 0 fully saturated rings. The Labute approximate surface area is 202 Å². The molecule has 1 unspecified atom stereocenters. The van der Waals surface area contributed by atoms with Gasteiger partial charge in [0.2, 0.25) is 0 Å². The van der Waals surface area contributed by atoms with Crippen LogP contribution in [0, 0.1) is 0 Å². The molecule has 2 aromatic heterocycles. The molecular formula is C23H17ClF3N5O3. The van der Waals surface area contributed by atoms with Crippen molar-refractivity contribution in [1.29, 1.82) is 0 Å². The topological polar surface area (TPSA) is 91.2 Å². The number of ether oxygens (including phenoxy) is 2. The number of rotatable bonds is 6. The van der Waals surface area contributed by atoms with Crippen LogP contribution >= 0.6 is 11.6 Å². The number of nitrogens with one attached hydrogen (secondary N) is 1. The number of amides is 1. The smallest absolute Gasteiger partial charge is 0.440 e. The van der Waals surface area contributed by atoms with Crippen molar-refractivity contribution in [1.82, 2.24) is 19.7 Å². The Balaban J connectivity index is 1.37. The van der Waals surface area contributed by atoms with Crippen molar-refractivity contribution >= 4 is 23.4 Å². The normalized spacial score (nSPS) is 12.1. The lowest BCUT2D eigenvalue weighted by molar-refractivity contribution is -0.274. The van der Waals surface area contributed by atoms with Crippen LogP contribution in [-0.4, -0.2) is 32.2 Å². The first kappa shape index (κ1) is 24.0. The minimum absolute atomic E-state index is 0.331. The molecule has 2 heterocycles. The monoisotopic (exact) mass is 503 g/mol. The zero-order chi connectivity index (χ0) is 25.0. The Kier molecular flexibility index (Phi) is 6.87. The molecule has 0 saturated heterocycles. The molecule has 180 valence electrons. The molecular weight excluding hydrogens is 487 g/mol. The maximum absolute atomic E-state index is 12.3. The molecule has 0 saturated carbocycles. The molecule has 4 rings (SSSR count). The van der Waals surface area contributed by atoms with Crippen molar-refractivity contribution in [2.45, 2.75) is 19.4 Å². The van der Waals surface area contributed by atoms with Gasteiger partial charge in [0.15, 0.2) is 5.82 Å². The van der Waals surface area contributed by atoms with Gasteiger partial charge in [0.1, 0.15) is 18.2 Å². The number of hydrogen-bond acceptors (Lipinski definition) is 6. The van der Waals surface area contributed by atoms with Crippen molar-refractivity contribution in [3.63, 3.8) is 0 Å². The number of pyridine rings is 1. The molecule has 1 amide bonds. The quantitative estimate of drug-likeness (QED) is 0.337. The number of anilines is 1. The first-order valence-corrected chi connectivity index (χ1v) is 10.5. The number of hydrogen-bond donors (Lipinski definition) is 1.